The summed E-state index contributed by atoms with van der Waals surface area (Å²) in [6, 6.07) is 3.83. The van der Waals surface area contributed by atoms with Gasteiger partial charge in [0.25, 0.3) is 0 Å². The van der Waals surface area contributed by atoms with Crippen molar-refractivity contribution in [3.63, 3.8) is 0 Å². The lowest BCUT2D eigenvalue weighted by molar-refractivity contribution is -0.0889. The van der Waals surface area contributed by atoms with Gasteiger partial charge < -0.3 is 9.84 Å². The molecule has 1 aromatic heterocycles. The summed E-state index contributed by atoms with van der Waals surface area (Å²) in [4.78, 5) is 0. The van der Waals surface area contributed by atoms with Crippen molar-refractivity contribution in [2.45, 2.75) is 38.9 Å². The molecule has 13 heavy (non-hydrogen) atoms. The van der Waals surface area contributed by atoms with Gasteiger partial charge in [0.05, 0.1) is 5.60 Å². The average Bonchev–Trinajstić information content (AvgIpc) is 2.35. The van der Waals surface area contributed by atoms with E-state index < -0.39 is 11.2 Å². The number of ether oxygens (including phenoxy) is 1. The minimum absolute atomic E-state index is 0.572. The molecule has 0 unspecified atom stereocenters. The zero-order chi connectivity index (χ0) is 10.1. The molecule has 0 bridgehead atoms. The zero-order valence-electron chi connectivity index (χ0n) is 8.50. The molecule has 1 heterocycles. The van der Waals surface area contributed by atoms with E-state index in [1.807, 2.05) is 31.4 Å². The lowest BCUT2D eigenvalue weighted by atomic mass is 9.90. The fourth-order valence-electron chi connectivity index (χ4n) is 0.698. The Morgan fingerprint density at radius 2 is 1.92 bits per heavy atom. The molecule has 0 fully saturated rings. The lowest BCUT2D eigenvalue weighted by Crippen LogP contribution is -2.49. The minimum atomic E-state index is -0.850. The summed E-state index contributed by atoms with van der Waals surface area (Å²) in [5, 5.41) is 12.6. The number of rotatable bonds is 3. The van der Waals surface area contributed by atoms with E-state index in [4.69, 9.17) is 4.74 Å². The summed E-state index contributed by atoms with van der Waals surface area (Å²) in [6.45, 7) is 7.26. The van der Waals surface area contributed by atoms with Crippen LogP contribution in [0.25, 0.3) is 0 Å². The van der Waals surface area contributed by atoms with Gasteiger partial charge in [-0.15, -0.1) is 11.3 Å². The van der Waals surface area contributed by atoms with Gasteiger partial charge in [-0.3, -0.25) is 0 Å². The lowest BCUT2D eigenvalue weighted by Gasteiger charge is -2.36. The SMILES string of the molecule is CC(C)(O)C(C)(C)Oc1cccs1. The molecule has 3 heteroatoms. The van der Waals surface area contributed by atoms with E-state index in [1.165, 1.54) is 11.3 Å². The highest BCUT2D eigenvalue weighted by atomic mass is 32.1. The molecule has 1 N–H and O–H groups in total. The van der Waals surface area contributed by atoms with Gasteiger partial charge in [-0.2, -0.15) is 0 Å². The zero-order valence-corrected chi connectivity index (χ0v) is 9.31. The molecule has 2 nitrogen and oxygen atoms in total. The molecule has 0 aliphatic heterocycles. The second-order valence-electron chi connectivity index (χ2n) is 4.10. The Hall–Kier alpha value is -0.540. The van der Waals surface area contributed by atoms with Crippen LogP contribution in [0.2, 0.25) is 0 Å². The Balaban J connectivity index is 2.73. The number of hydrogen-bond acceptors (Lipinski definition) is 3. The molecule has 0 aliphatic rings. The van der Waals surface area contributed by atoms with E-state index in [-0.39, 0.29) is 0 Å². The molecular formula is C10H16O2S. The third-order valence-electron chi connectivity index (χ3n) is 2.32. The molecular weight excluding hydrogens is 184 g/mol. The highest BCUT2D eigenvalue weighted by molar-refractivity contribution is 7.11. The van der Waals surface area contributed by atoms with E-state index in [0.29, 0.717) is 0 Å². The maximum absolute atomic E-state index is 9.82. The monoisotopic (exact) mass is 200 g/mol. The van der Waals surface area contributed by atoms with E-state index in [2.05, 4.69) is 0 Å². The molecule has 0 saturated heterocycles. The van der Waals surface area contributed by atoms with E-state index >= 15 is 0 Å². The Kier molecular flexibility index (Phi) is 2.68. The van der Waals surface area contributed by atoms with Crippen LogP contribution in [0.5, 0.6) is 5.06 Å². The summed E-state index contributed by atoms with van der Waals surface area (Å²) in [7, 11) is 0. The molecule has 0 radical (unpaired) electrons. The first-order valence-electron chi connectivity index (χ1n) is 4.28. The first kappa shape index (κ1) is 10.5. The average molecular weight is 200 g/mol. The van der Waals surface area contributed by atoms with Crippen molar-refractivity contribution in [1.82, 2.24) is 0 Å². The van der Waals surface area contributed by atoms with Crippen molar-refractivity contribution in [2.24, 2.45) is 0 Å². The van der Waals surface area contributed by atoms with Gasteiger partial charge in [-0.25, -0.2) is 0 Å². The van der Waals surface area contributed by atoms with Gasteiger partial charge >= 0.3 is 0 Å². The van der Waals surface area contributed by atoms with Crippen LogP contribution in [0.15, 0.2) is 17.5 Å². The van der Waals surface area contributed by atoms with Crippen LogP contribution in [0.3, 0.4) is 0 Å². The molecule has 1 rings (SSSR count). The van der Waals surface area contributed by atoms with Crippen molar-refractivity contribution >= 4 is 11.3 Å². The van der Waals surface area contributed by atoms with Crippen LogP contribution in [-0.4, -0.2) is 16.3 Å². The molecule has 0 amide bonds. The first-order valence-corrected chi connectivity index (χ1v) is 5.16. The summed E-state index contributed by atoms with van der Waals surface area (Å²) < 4.78 is 5.67. The largest absolute Gasteiger partial charge is 0.475 e. The fraction of sp³-hybridized carbons (Fsp3) is 0.600. The Labute approximate surface area is 83.2 Å². The summed E-state index contributed by atoms with van der Waals surface area (Å²) >= 11 is 1.53. The second-order valence-corrected chi connectivity index (χ2v) is 5.01. The topological polar surface area (TPSA) is 29.5 Å². The Morgan fingerprint density at radius 1 is 1.31 bits per heavy atom. The third kappa shape index (κ3) is 2.45. The predicted molar refractivity (Wildman–Crippen MR) is 55.3 cm³/mol. The van der Waals surface area contributed by atoms with Crippen molar-refractivity contribution in [3.8, 4) is 5.06 Å². The summed E-state index contributed by atoms with van der Waals surface area (Å²) in [5.74, 6) is 0. The highest BCUT2D eigenvalue weighted by Gasteiger charge is 2.37. The van der Waals surface area contributed by atoms with Gasteiger partial charge in [0.15, 0.2) is 5.06 Å². The first-order chi connectivity index (χ1) is 5.83. The number of thiophene rings is 1. The Morgan fingerprint density at radius 3 is 2.31 bits per heavy atom. The summed E-state index contributed by atoms with van der Waals surface area (Å²) in [5.41, 5.74) is -1.42. The fourth-order valence-corrected chi connectivity index (χ4v) is 1.40. The molecule has 0 aliphatic carbocycles. The minimum Gasteiger partial charge on any atom is -0.475 e. The van der Waals surface area contributed by atoms with E-state index in [1.54, 1.807) is 13.8 Å². The van der Waals surface area contributed by atoms with Crippen LogP contribution in [-0.2, 0) is 0 Å². The van der Waals surface area contributed by atoms with Crippen molar-refractivity contribution in [2.75, 3.05) is 0 Å². The van der Waals surface area contributed by atoms with Crippen LogP contribution in [0.4, 0.5) is 0 Å². The highest BCUT2D eigenvalue weighted by Crippen LogP contribution is 2.30. The van der Waals surface area contributed by atoms with Crippen LogP contribution in [0, 0.1) is 0 Å². The number of hydrogen-bond donors (Lipinski definition) is 1. The van der Waals surface area contributed by atoms with Crippen LogP contribution >= 0.6 is 11.3 Å². The van der Waals surface area contributed by atoms with Gasteiger partial charge in [-0.05, 0) is 45.2 Å². The van der Waals surface area contributed by atoms with Crippen LogP contribution < -0.4 is 4.74 Å². The van der Waals surface area contributed by atoms with Gasteiger partial charge in [0.2, 0.25) is 0 Å². The maximum atomic E-state index is 9.82. The van der Waals surface area contributed by atoms with Gasteiger partial charge in [0, 0.05) is 0 Å². The standard InChI is InChI=1S/C10H16O2S/c1-9(2,11)10(3,4)12-8-6-5-7-13-8/h5-7,11H,1-4H3. The maximum Gasteiger partial charge on any atom is 0.174 e. The van der Waals surface area contributed by atoms with Crippen molar-refractivity contribution < 1.29 is 9.84 Å². The van der Waals surface area contributed by atoms with E-state index in [0.717, 1.165) is 5.06 Å². The summed E-state index contributed by atoms with van der Waals surface area (Å²) in [6.07, 6.45) is 0. The van der Waals surface area contributed by atoms with E-state index in [9.17, 15) is 5.11 Å². The second kappa shape index (κ2) is 3.31. The normalized spacial score (nSPS) is 13.0. The molecule has 1 aromatic rings. The quantitative estimate of drug-likeness (QED) is 0.813. The van der Waals surface area contributed by atoms with Gasteiger partial charge in [-0.1, -0.05) is 0 Å². The smallest absolute Gasteiger partial charge is 0.174 e. The molecule has 74 valence electrons. The molecule has 0 aromatic carbocycles. The van der Waals surface area contributed by atoms with Crippen molar-refractivity contribution in [3.05, 3.63) is 17.5 Å². The predicted octanol–water partition coefficient (Wildman–Crippen LogP) is 2.68. The molecule has 0 atom stereocenters. The number of aliphatic hydroxyl groups is 1. The Bertz CT molecular complexity index is 257. The third-order valence-corrected chi connectivity index (χ3v) is 3.07. The van der Waals surface area contributed by atoms with Gasteiger partial charge in [0.1, 0.15) is 5.60 Å². The van der Waals surface area contributed by atoms with Crippen molar-refractivity contribution in [1.29, 1.82) is 0 Å². The van der Waals surface area contributed by atoms with Crippen LogP contribution in [0.1, 0.15) is 27.7 Å². The molecule has 0 saturated carbocycles. The molecule has 0 spiro atoms.